The van der Waals surface area contributed by atoms with Crippen LogP contribution in [0.3, 0.4) is 0 Å². The Kier molecular flexibility index (Phi) is 4.46. The highest BCUT2D eigenvalue weighted by atomic mass is 16.7. The van der Waals surface area contributed by atoms with Crippen molar-refractivity contribution < 1.29 is 19.0 Å². The highest BCUT2D eigenvalue weighted by Crippen LogP contribution is 2.27. The largest absolute Gasteiger partial charge is 0.462 e. The van der Waals surface area contributed by atoms with E-state index in [9.17, 15) is 4.79 Å². The van der Waals surface area contributed by atoms with Crippen LogP contribution in [0.5, 0.6) is 0 Å². The molecule has 0 saturated heterocycles. The molecule has 0 spiro atoms. The number of benzene rings is 1. The van der Waals surface area contributed by atoms with E-state index in [0.717, 1.165) is 0 Å². The lowest BCUT2D eigenvalue weighted by Gasteiger charge is -2.28. The van der Waals surface area contributed by atoms with Crippen LogP contribution in [0, 0.1) is 0 Å². The molecule has 0 saturated carbocycles. The second kappa shape index (κ2) is 5.63. The average molecular weight is 224 g/mol. The van der Waals surface area contributed by atoms with E-state index in [2.05, 4.69) is 0 Å². The van der Waals surface area contributed by atoms with Gasteiger partial charge in [0.15, 0.2) is 0 Å². The molecular formula is C12H16O4. The van der Waals surface area contributed by atoms with Gasteiger partial charge in [-0.15, -0.1) is 0 Å². The van der Waals surface area contributed by atoms with Gasteiger partial charge in [-0.1, -0.05) is 30.3 Å². The Hall–Kier alpha value is -1.39. The lowest BCUT2D eigenvalue weighted by molar-refractivity contribution is -0.235. The molecule has 0 atom stereocenters. The van der Waals surface area contributed by atoms with Crippen molar-refractivity contribution in [1.82, 2.24) is 0 Å². The highest BCUT2D eigenvalue weighted by Gasteiger charge is 2.42. The molecule has 0 radical (unpaired) electrons. The molecule has 0 aromatic heterocycles. The Balaban J connectivity index is 3.10. The Morgan fingerprint density at radius 1 is 1.19 bits per heavy atom. The molecule has 0 amide bonds. The van der Waals surface area contributed by atoms with Crippen LogP contribution in [-0.4, -0.2) is 26.8 Å². The molecule has 0 fully saturated rings. The van der Waals surface area contributed by atoms with Crippen molar-refractivity contribution in [3.8, 4) is 0 Å². The van der Waals surface area contributed by atoms with Crippen LogP contribution in [0.2, 0.25) is 0 Å². The first-order valence-electron chi connectivity index (χ1n) is 5.04. The van der Waals surface area contributed by atoms with E-state index in [-0.39, 0.29) is 6.61 Å². The zero-order chi connectivity index (χ0) is 12.0. The predicted molar refractivity (Wildman–Crippen MR) is 58.8 cm³/mol. The van der Waals surface area contributed by atoms with Gasteiger partial charge in [-0.2, -0.15) is 0 Å². The molecule has 1 rings (SSSR count). The van der Waals surface area contributed by atoms with E-state index in [1.165, 1.54) is 14.2 Å². The molecule has 1 aromatic rings. The zero-order valence-electron chi connectivity index (χ0n) is 9.73. The van der Waals surface area contributed by atoms with Gasteiger partial charge in [0, 0.05) is 19.8 Å². The van der Waals surface area contributed by atoms with Crippen LogP contribution in [0.4, 0.5) is 0 Å². The van der Waals surface area contributed by atoms with E-state index in [1.807, 2.05) is 6.07 Å². The summed E-state index contributed by atoms with van der Waals surface area (Å²) >= 11 is 0. The van der Waals surface area contributed by atoms with Crippen molar-refractivity contribution in [2.24, 2.45) is 0 Å². The molecule has 0 unspecified atom stereocenters. The lowest BCUT2D eigenvalue weighted by Crippen LogP contribution is -2.41. The number of methoxy groups -OCH3 is 2. The van der Waals surface area contributed by atoms with Gasteiger partial charge >= 0.3 is 5.97 Å². The van der Waals surface area contributed by atoms with Crippen molar-refractivity contribution in [2.45, 2.75) is 12.7 Å². The van der Waals surface area contributed by atoms with Crippen LogP contribution in [-0.2, 0) is 24.8 Å². The lowest BCUT2D eigenvalue weighted by atomic mass is 10.1. The molecule has 4 heteroatoms. The number of hydrogen-bond donors (Lipinski definition) is 0. The summed E-state index contributed by atoms with van der Waals surface area (Å²) in [4.78, 5) is 11.9. The van der Waals surface area contributed by atoms with Crippen molar-refractivity contribution in [1.29, 1.82) is 0 Å². The Morgan fingerprint density at radius 2 is 1.75 bits per heavy atom. The molecule has 0 bridgehead atoms. The normalized spacial score (nSPS) is 11.2. The van der Waals surface area contributed by atoms with Crippen LogP contribution < -0.4 is 0 Å². The average Bonchev–Trinajstić information content (AvgIpc) is 2.33. The third-order valence-corrected chi connectivity index (χ3v) is 2.27. The van der Waals surface area contributed by atoms with Crippen molar-refractivity contribution in [2.75, 3.05) is 20.8 Å². The minimum Gasteiger partial charge on any atom is -0.462 e. The van der Waals surface area contributed by atoms with Gasteiger partial charge in [0.1, 0.15) is 0 Å². The van der Waals surface area contributed by atoms with Crippen molar-refractivity contribution in [3.05, 3.63) is 35.9 Å². The number of carbonyl (C=O) groups excluding carboxylic acids is 1. The van der Waals surface area contributed by atoms with E-state index < -0.39 is 11.8 Å². The molecule has 0 aliphatic carbocycles. The van der Waals surface area contributed by atoms with Crippen LogP contribution in [0.15, 0.2) is 30.3 Å². The first-order chi connectivity index (χ1) is 7.71. The Morgan fingerprint density at radius 3 is 2.19 bits per heavy atom. The third kappa shape index (κ3) is 2.23. The van der Waals surface area contributed by atoms with Gasteiger partial charge in [0.2, 0.25) is 0 Å². The topological polar surface area (TPSA) is 44.8 Å². The summed E-state index contributed by atoms with van der Waals surface area (Å²) in [7, 11) is 2.82. The number of esters is 1. The number of carbonyl (C=O) groups is 1. The third-order valence-electron chi connectivity index (χ3n) is 2.27. The summed E-state index contributed by atoms with van der Waals surface area (Å²) in [6.07, 6.45) is 0. The maximum absolute atomic E-state index is 11.9. The van der Waals surface area contributed by atoms with E-state index in [4.69, 9.17) is 14.2 Å². The predicted octanol–water partition coefficient (Wildman–Crippen LogP) is 1.70. The molecule has 16 heavy (non-hydrogen) atoms. The maximum Gasteiger partial charge on any atom is 0.372 e. The summed E-state index contributed by atoms with van der Waals surface area (Å²) in [5.41, 5.74) is 0.610. The number of hydrogen-bond acceptors (Lipinski definition) is 4. The fourth-order valence-corrected chi connectivity index (χ4v) is 1.49. The summed E-state index contributed by atoms with van der Waals surface area (Å²) in [6, 6.07) is 8.97. The Bertz CT molecular complexity index is 330. The van der Waals surface area contributed by atoms with Crippen LogP contribution in [0.1, 0.15) is 12.5 Å². The second-order valence-electron chi connectivity index (χ2n) is 3.11. The summed E-state index contributed by atoms with van der Waals surface area (Å²) in [6.45, 7) is 2.01. The van der Waals surface area contributed by atoms with Gasteiger partial charge < -0.3 is 14.2 Å². The van der Waals surface area contributed by atoms with Crippen molar-refractivity contribution >= 4 is 5.97 Å². The zero-order valence-corrected chi connectivity index (χ0v) is 9.73. The maximum atomic E-state index is 11.9. The number of ether oxygens (including phenoxy) is 3. The minimum absolute atomic E-state index is 0.278. The first kappa shape index (κ1) is 12.7. The van der Waals surface area contributed by atoms with Crippen molar-refractivity contribution in [3.63, 3.8) is 0 Å². The summed E-state index contributed by atoms with van der Waals surface area (Å²) in [5.74, 6) is -2.02. The van der Waals surface area contributed by atoms with Gasteiger partial charge in [-0.05, 0) is 6.92 Å². The molecule has 88 valence electrons. The SMILES string of the molecule is CCOC(=O)C(OC)(OC)c1ccccc1. The standard InChI is InChI=1S/C12H16O4/c1-4-16-11(13)12(14-2,15-3)10-8-6-5-7-9-10/h5-9H,4H2,1-3H3. The van der Waals surface area contributed by atoms with Crippen LogP contribution >= 0.6 is 0 Å². The molecule has 0 N–H and O–H groups in total. The minimum atomic E-state index is -1.47. The van der Waals surface area contributed by atoms with E-state index in [0.29, 0.717) is 5.56 Å². The van der Waals surface area contributed by atoms with Gasteiger partial charge in [0.05, 0.1) is 6.61 Å². The van der Waals surface area contributed by atoms with Crippen LogP contribution in [0.25, 0.3) is 0 Å². The molecular weight excluding hydrogens is 208 g/mol. The second-order valence-corrected chi connectivity index (χ2v) is 3.11. The monoisotopic (exact) mass is 224 g/mol. The summed E-state index contributed by atoms with van der Waals surface area (Å²) < 4.78 is 15.3. The molecule has 4 nitrogen and oxygen atoms in total. The molecule has 1 aromatic carbocycles. The van der Waals surface area contributed by atoms with E-state index in [1.54, 1.807) is 31.2 Å². The highest BCUT2D eigenvalue weighted by molar-refractivity contribution is 5.79. The quantitative estimate of drug-likeness (QED) is 0.564. The molecule has 0 aliphatic heterocycles. The van der Waals surface area contributed by atoms with Gasteiger partial charge in [0.25, 0.3) is 5.79 Å². The fourth-order valence-electron chi connectivity index (χ4n) is 1.49. The Labute approximate surface area is 95.1 Å². The molecule has 0 heterocycles. The number of rotatable bonds is 5. The van der Waals surface area contributed by atoms with Gasteiger partial charge in [-0.25, -0.2) is 4.79 Å². The van der Waals surface area contributed by atoms with Gasteiger partial charge in [-0.3, -0.25) is 0 Å². The fraction of sp³-hybridized carbons (Fsp3) is 0.417. The molecule has 0 aliphatic rings. The first-order valence-corrected chi connectivity index (χ1v) is 5.04. The summed E-state index contributed by atoms with van der Waals surface area (Å²) in [5, 5.41) is 0. The smallest absolute Gasteiger partial charge is 0.372 e. The van der Waals surface area contributed by atoms with E-state index >= 15 is 0 Å².